The van der Waals surface area contributed by atoms with Crippen LogP contribution in [0.1, 0.15) is 20.3 Å². The zero-order chi connectivity index (χ0) is 14.5. The van der Waals surface area contributed by atoms with E-state index in [0.29, 0.717) is 12.0 Å². The van der Waals surface area contributed by atoms with Crippen molar-refractivity contribution >= 4 is 16.7 Å². The molecular formula is C17H25N3. The summed E-state index contributed by atoms with van der Waals surface area (Å²) in [7, 11) is 4.23. The normalized spacial score (nSPS) is 13.1. The van der Waals surface area contributed by atoms with Crippen LogP contribution in [0.25, 0.3) is 10.9 Å². The molecule has 0 amide bonds. The van der Waals surface area contributed by atoms with Gasteiger partial charge in [0.05, 0.1) is 5.52 Å². The van der Waals surface area contributed by atoms with Crippen LogP contribution < -0.4 is 5.32 Å². The van der Waals surface area contributed by atoms with Gasteiger partial charge < -0.3 is 10.2 Å². The molecule has 0 bridgehead atoms. The molecule has 20 heavy (non-hydrogen) atoms. The van der Waals surface area contributed by atoms with Crippen LogP contribution in [0.15, 0.2) is 36.4 Å². The van der Waals surface area contributed by atoms with Crippen molar-refractivity contribution in [1.82, 2.24) is 9.88 Å². The van der Waals surface area contributed by atoms with Crippen LogP contribution in [0.2, 0.25) is 0 Å². The minimum atomic E-state index is 0.429. The van der Waals surface area contributed by atoms with E-state index < -0.39 is 0 Å². The SMILES string of the molecule is CC(C)CC(CN(C)C)Nc1ccc2ccccc2n1. The van der Waals surface area contributed by atoms with Crippen molar-refractivity contribution < 1.29 is 0 Å². The van der Waals surface area contributed by atoms with Gasteiger partial charge in [-0.1, -0.05) is 32.0 Å². The van der Waals surface area contributed by atoms with E-state index in [1.807, 2.05) is 12.1 Å². The van der Waals surface area contributed by atoms with Gasteiger partial charge in [0.2, 0.25) is 0 Å². The number of aromatic nitrogens is 1. The van der Waals surface area contributed by atoms with Crippen LogP contribution in [0, 0.1) is 5.92 Å². The Morgan fingerprint density at radius 3 is 2.55 bits per heavy atom. The zero-order valence-electron chi connectivity index (χ0n) is 12.9. The van der Waals surface area contributed by atoms with Crippen molar-refractivity contribution in [3.05, 3.63) is 36.4 Å². The molecular weight excluding hydrogens is 246 g/mol. The van der Waals surface area contributed by atoms with Crippen LogP contribution in [0.5, 0.6) is 0 Å². The van der Waals surface area contributed by atoms with Gasteiger partial charge in [-0.25, -0.2) is 4.98 Å². The zero-order valence-corrected chi connectivity index (χ0v) is 12.9. The predicted molar refractivity (Wildman–Crippen MR) is 87.2 cm³/mol. The highest BCUT2D eigenvalue weighted by Gasteiger charge is 2.12. The third-order valence-electron chi connectivity index (χ3n) is 3.29. The molecule has 0 aliphatic rings. The summed E-state index contributed by atoms with van der Waals surface area (Å²) < 4.78 is 0. The smallest absolute Gasteiger partial charge is 0.126 e. The van der Waals surface area contributed by atoms with Gasteiger partial charge in [0.25, 0.3) is 0 Å². The summed E-state index contributed by atoms with van der Waals surface area (Å²) >= 11 is 0. The maximum Gasteiger partial charge on any atom is 0.126 e. The monoisotopic (exact) mass is 271 g/mol. The van der Waals surface area contributed by atoms with E-state index in [-0.39, 0.29) is 0 Å². The molecule has 1 unspecified atom stereocenters. The Kier molecular flexibility index (Phi) is 4.96. The number of benzene rings is 1. The molecule has 0 saturated heterocycles. The van der Waals surface area contributed by atoms with Gasteiger partial charge in [-0.2, -0.15) is 0 Å². The summed E-state index contributed by atoms with van der Waals surface area (Å²) in [6.07, 6.45) is 1.15. The lowest BCUT2D eigenvalue weighted by molar-refractivity contribution is 0.356. The highest BCUT2D eigenvalue weighted by atomic mass is 15.1. The predicted octanol–water partition coefficient (Wildman–Crippen LogP) is 3.62. The summed E-state index contributed by atoms with van der Waals surface area (Å²) in [4.78, 5) is 6.92. The first kappa shape index (κ1) is 14.8. The van der Waals surface area contributed by atoms with E-state index in [0.717, 1.165) is 24.3 Å². The van der Waals surface area contributed by atoms with Crippen molar-refractivity contribution in [2.75, 3.05) is 26.0 Å². The third-order valence-corrected chi connectivity index (χ3v) is 3.29. The van der Waals surface area contributed by atoms with E-state index in [1.54, 1.807) is 0 Å². The van der Waals surface area contributed by atoms with E-state index in [4.69, 9.17) is 4.98 Å². The molecule has 3 heteroatoms. The largest absolute Gasteiger partial charge is 0.366 e. The fraction of sp³-hybridized carbons (Fsp3) is 0.471. The quantitative estimate of drug-likeness (QED) is 0.869. The molecule has 1 aromatic heterocycles. The highest BCUT2D eigenvalue weighted by Crippen LogP contribution is 2.17. The Labute approximate surface area is 122 Å². The summed E-state index contributed by atoms with van der Waals surface area (Å²) in [6, 6.07) is 12.9. The molecule has 1 heterocycles. The van der Waals surface area contributed by atoms with Gasteiger partial charge in [0.1, 0.15) is 5.82 Å². The highest BCUT2D eigenvalue weighted by molar-refractivity contribution is 5.80. The van der Waals surface area contributed by atoms with Crippen molar-refractivity contribution in [2.45, 2.75) is 26.3 Å². The number of rotatable bonds is 6. The van der Waals surface area contributed by atoms with Gasteiger partial charge in [-0.05, 0) is 44.6 Å². The second kappa shape index (κ2) is 6.71. The summed E-state index contributed by atoms with van der Waals surface area (Å²) in [5.41, 5.74) is 1.05. The Balaban J connectivity index is 2.14. The lowest BCUT2D eigenvalue weighted by atomic mass is 10.0. The molecule has 0 aliphatic carbocycles. The molecule has 2 aromatic rings. The maximum atomic E-state index is 4.70. The van der Waals surface area contributed by atoms with E-state index in [2.05, 4.69) is 62.4 Å². The van der Waals surface area contributed by atoms with Crippen LogP contribution in [-0.4, -0.2) is 36.6 Å². The number of hydrogen-bond acceptors (Lipinski definition) is 3. The molecule has 1 aromatic carbocycles. The van der Waals surface area contributed by atoms with Crippen molar-refractivity contribution in [3.63, 3.8) is 0 Å². The first-order valence-corrected chi connectivity index (χ1v) is 7.31. The molecule has 0 saturated carbocycles. The Morgan fingerprint density at radius 1 is 1.10 bits per heavy atom. The van der Waals surface area contributed by atoms with Crippen LogP contribution in [0.3, 0.4) is 0 Å². The van der Waals surface area contributed by atoms with Gasteiger partial charge in [-0.15, -0.1) is 0 Å². The van der Waals surface area contributed by atoms with Gasteiger partial charge in [0.15, 0.2) is 0 Å². The number of fused-ring (bicyclic) bond motifs is 1. The fourth-order valence-corrected chi connectivity index (χ4v) is 2.54. The molecule has 0 aliphatic heterocycles. The molecule has 2 rings (SSSR count). The molecule has 108 valence electrons. The fourth-order valence-electron chi connectivity index (χ4n) is 2.54. The van der Waals surface area contributed by atoms with Crippen molar-refractivity contribution in [2.24, 2.45) is 5.92 Å². The topological polar surface area (TPSA) is 28.2 Å². The van der Waals surface area contributed by atoms with Gasteiger partial charge >= 0.3 is 0 Å². The molecule has 0 radical (unpaired) electrons. The average molecular weight is 271 g/mol. The molecule has 0 fully saturated rings. The van der Waals surface area contributed by atoms with Gasteiger partial charge in [0, 0.05) is 18.0 Å². The van der Waals surface area contributed by atoms with Crippen LogP contribution >= 0.6 is 0 Å². The van der Waals surface area contributed by atoms with E-state index >= 15 is 0 Å². The molecule has 0 spiro atoms. The minimum Gasteiger partial charge on any atom is -0.366 e. The summed E-state index contributed by atoms with van der Waals surface area (Å²) in [6.45, 7) is 5.54. The van der Waals surface area contributed by atoms with Crippen LogP contribution in [0.4, 0.5) is 5.82 Å². The molecule has 3 nitrogen and oxygen atoms in total. The van der Waals surface area contributed by atoms with Crippen LogP contribution in [-0.2, 0) is 0 Å². The average Bonchev–Trinajstić information content (AvgIpc) is 2.37. The number of hydrogen-bond donors (Lipinski definition) is 1. The standard InChI is InChI=1S/C17H25N3/c1-13(2)11-15(12-20(3)4)18-17-10-9-14-7-5-6-8-16(14)19-17/h5-10,13,15H,11-12H2,1-4H3,(H,18,19). The summed E-state index contributed by atoms with van der Waals surface area (Å²) in [5.74, 6) is 1.64. The van der Waals surface area contributed by atoms with E-state index in [9.17, 15) is 0 Å². The maximum absolute atomic E-state index is 4.70. The van der Waals surface area contributed by atoms with Crippen molar-refractivity contribution in [1.29, 1.82) is 0 Å². The Morgan fingerprint density at radius 2 is 1.85 bits per heavy atom. The number of pyridine rings is 1. The lowest BCUT2D eigenvalue weighted by Crippen LogP contribution is -2.33. The minimum absolute atomic E-state index is 0.429. The lowest BCUT2D eigenvalue weighted by Gasteiger charge is -2.24. The number of nitrogens with one attached hydrogen (secondary N) is 1. The van der Waals surface area contributed by atoms with E-state index in [1.165, 1.54) is 5.39 Å². The van der Waals surface area contributed by atoms with Crippen molar-refractivity contribution in [3.8, 4) is 0 Å². The first-order valence-electron chi connectivity index (χ1n) is 7.31. The number of nitrogens with zero attached hydrogens (tertiary/aromatic N) is 2. The Hall–Kier alpha value is -1.61. The van der Waals surface area contributed by atoms with Gasteiger partial charge in [-0.3, -0.25) is 0 Å². The number of anilines is 1. The third kappa shape index (κ3) is 4.20. The second-order valence-corrected chi connectivity index (χ2v) is 6.12. The molecule has 1 atom stereocenters. The first-order chi connectivity index (χ1) is 9.54. The number of para-hydroxylation sites is 1. The Bertz CT molecular complexity index is 539. The molecule has 1 N–H and O–H groups in total. The second-order valence-electron chi connectivity index (χ2n) is 6.12. The summed E-state index contributed by atoms with van der Waals surface area (Å²) in [5, 5.41) is 4.77. The number of likely N-dealkylation sites (N-methyl/N-ethyl adjacent to an activating group) is 1.